The SMILES string of the molecule is CNC(COCCOC)Cc1ccc(Br)s1. The van der Waals surface area contributed by atoms with Crippen LogP contribution in [0.5, 0.6) is 0 Å². The molecule has 0 fully saturated rings. The fourth-order valence-electron chi connectivity index (χ4n) is 1.32. The van der Waals surface area contributed by atoms with E-state index in [1.165, 1.54) is 8.66 Å². The van der Waals surface area contributed by atoms with E-state index >= 15 is 0 Å². The molecule has 0 aromatic carbocycles. The molecule has 1 rings (SSSR count). The summed E-state index contributed by atoms with van der Waals surface area (Å²) in [4.78, 5) is 1.36. The van der Waals surface area contributed by atoms with Gasteiger partial charge in [0.1, 0.15) is 0 Å². The van der Waals surface area contributed by atoms with Crippen LogP contribution < -0.4 is 5.32 Å². The highest BCUT2D eigenvalue weighted by molar-refractivity contribution is 9.11. The highest BCUT2D eigenvalue weighted by Crippen LogP contribution is 2.23. The molecule has 1 N–H and O–H groups in total. The first kappa shape index (κ1) is 14.1. The van der Waals surface area contributed by atoms with E-state index in [9.17, 15) is 0 Å². The van der Waals surface area contributed by atoms with Gasteiger partial charge in [0.15, 0.2) is 0 Å². The first-order valence-corrected chi connectivity index (χ1v) is 6.85. The minimum Gasteiger partial charge on any atom is -0.382 e. The zero-order valence-corrected chi connectivity index (χ0v) is 12.1. The zero-order chi connectivity index (χ0) is 11.8. The number of rotatable bonds is 8. The lowest BCUT2D eigenvalue weighted by atomic mass is 10.2. The van der Waals surface area contributed by atoms with Gasteiger partial charge in [0.05, 0.1) is 23.6 Å². The van der Waals surface area contributed by atoms with Crippen LogP contribution in [0.15, 0.2) is 15.9 Å². The molecule has 92 valence electrons. The maximum absolute atomic E-state index is 5.51. The first-order chi connectivity index (χ1) is 7.76. The summed E-state index contributed by atoms with van der Waals surface area (Å²) in [6.45, 7) is 2.03. The van der Waals surface area contributed by atoms with Crippen LogP contribution >= 0.6 is 27.3 Å². The van der Waals surface area contributed by atoms with Crippen LogP contribution in [0.3, 0.4) is 0 Å². The van der Waals surface area contributed by atoms with E-state index in [2.05, 4.69) is 33.4 Å². The maximum atomic E-state index is 5.51. The van der Waals surface area contributed by atoms with Gasteiger partial charge in [0, 0.05) is 18.0 Å². The number of hydrogen-bond acceptors (Lipinski definition) is 4. The second kappa shape index (κ2) is 8.20. The Hall–Kier alpha value is 0.0600. The van der Waals surface area contributed by atoms with Crippen molar-refractivity contribution in [1.82, 2.24) is 5.32 Å². The topological polar surface area (TPSA) is 30.5 Å². The fraction of sp³-hybridized carbons (Fsp3) is 0.636. The van der Waals surface area contributed by atoms with E-state index in [0.29, 0.717) is 19.3 Å². The molecule has 0 spiro atoms. The summed E-state index contributed by atoms with van der Waals surface area (Å²) >= 11 is 5.24. The number of thiophene rings is 1. The van der Waals surface area contributed by atoms with Gasteiger partial charge >= 0.3 is 0 Å². The smallest absolute Gasteiger partial charge is 0.0701 e. The molecule has 0 aliphatic heterocycles. The van der Waals surface area contributed by atoms with Crippen molar-refractivity contribution in [3.8, 4) is 0 Å². The summed E-state index contributed by atoms with van der Waals surface area (Å²) in [5.74, 6) is 0. The standard InChI is InChI=1S/C11H18BrNO2S/c1-13-9(8-15-6-5-14-2)7-10-3-4-11(12)16-10/h3-4,9,13H,5-8H2,1-2H3. The molecule has 0 aliphatic rings. The van der Waals surface area contributed by atoms with E-state index in [1.807, 2.05) is 7.05 Å². The minimum absolute atomic E-state index is 0.363. The van der Waals surface area contributed by atoms with E-state index in [0.717, 1.165) is 13.0 Å². The molecule has 0 aliphatic carbocycles. The van der Waals surface area contributed by atoms with Gasteiger partial charge in [0.2, 0.25) is 0 Å². The van der Waals surface area contributed by atoms with Gasteiger partial charge in [0.25, 0.3) is 0 Å². The Morgan fingerprint density at radius 1 is 1.44 bits per heavy atom. The van der Waals surface area contributed by atoms with Gasteiger partial charge in [-0.1, -0.05) is 0 Å². The Kier molecular flexibility index (Phi) is 7.23. The van der Waals surface area contributed by atoms with Crippen LogP contribution in [0, 0.1) is 0 Å². The monoisotopic (exact) mass is 307 g/mol. The van der Waals surface area contributed by atoms with Crippen LogP contribution in [-0.4, -0.2) is 40.0 Å². The third kappa shape index (κ3) is 5.41. The summed E-state index contributed by atoms with van der Waals surface area (Å²) in [6, 6.07) is 4.59. The average Bonchev–Trinajstić information content (AvgIpc) is 2.68. The molecule has 3 nitrogen and oxygen atoms in total. The molecule has 1 unspecified atom stereocenters. The fourth-order valence-corrected chi connectivity index (χ4v) is 2.88. The lowest BCUT2D eigenvalue weighted by Gasteiger charge is -2.15. The summed E-state index contributed by atoms with van der Waals surface area (Å²) in [5, 5.41) is 3.26. The zero-order valence-electron chi connectivity index (χ0n) is 9.66. The third-order valence-electron chi connectivity index (χ3n) is 2.24. The molecule has 5 heteroatoms. The number of hydrogen-bond donors (Lipinski definition) is 1. The molecule has 0 bridgehead atoms. The molecule has 16 heavy (non-hydrogen) atoms. The van der Waals surface area contributed by atoms with Crippen molar-refractivity contribution in [3.63, 3.8) is 0 Å². The number of halogens is 1. The number of likely N-dealkylation sites (N-methyl/N-ethyl adjacent to an activating group) is 1. The van der Waals surface area contributed by atoms with Crippen molar-refractivity contribution in [1.29, 1.82) is 0 Å². The van der Waals surface area contributed by atoms with Gasteiger partial charge in [-0.2, -0.15) is 0 Å². The predicted molar refractivity (Wildman–Crippen MR) is 71.3 cm³/mol. The Bertz CT molecular complexity index is 293. The van der Waals surface area contributed by atoms with E-state index in [-0.39, 0.29) is 0 Å². The van der Waals surface area contributed by atoms with Crippen LogP contribution in [0.1, 0.15) is 4.88 Å². The first-order valence-electron chi connectivity index (χ1n) is 5.24. The summed E-state index contributed by atoms with van der Waals surface area (Å²) in [7, 11) is 3.65. The quantitative estimate of drug-likeness (QED) is 0.748. The van der Waals surface area contributed by atoms with Crippen LogP contribution in [0.25, 0.3) is 0 Å². The molecular formula is C11H18BrNO2S. The second-order valence-electron chi connectivity index (χ2n) is 3.46. The highest BCUT2D eigenvalue weighted by Gasteiger charge is 2.08. The molecule has 0 radical (unpaired) electrons. The predicted octanol–water partition coefficient (Wildman–Crippen LogP) is 2.30. The van der Waals surface area contributed by atoms with Crippen molar-refractivity contribution in [2.45, 2.75) is 12.5 Å². The van der Waals surface area contributed by atoms with E-state index in [4.69, 9.17) is 9.47 Å². The number of ether oxygens (including phenoxy) is 2. The molecule has 0 saturated carbocycles. The van der Waals surface area contributed by atoms with E-state index < -0.39 is 0 Å². The maximum Gasteiger partial charge on any atom is 0.0701 e. The summed E-state index contributed by atoms with van der Waals surface area (Å²) < 4.78 is 11.6. The molecule has 1 aromatic rings. The number of methoxy groups -OCH3 is 1. The Morgan fingerprint density at radius 3 is 2.81 bits per heavy atom. The Morgan fingerprint density at radius 2 is 2.25 bits per heavy atom. The van der Waals surface area contributed by atoms with E-state index in [1.54, 1.807) is 18.4 Å². The molecule has 0 saturated heterocycles. The van der Waals surface area contributed by atoms with Crippen LogP contribution in [-0.2, 0) is 15.9 Å². The van der Waals surface area contributed by atoms with Crippen molar-refractivity contribution >= 4 is 27.3 Å². The molecule has 1 heterocycles. The van der Waals surface area contributed by atoms with Crippen LogP contribution in [0.2, 0.25) is 0 Å². The highest BCUT2D eigenvalue weighted by atomic mass is 79.9. The van der Waals surface area contributed by atoms with Gasteiger partial charge in [-0.15, -0.1) is 11.3 Å². The Labute approximate surface area is 109 Å². The van der Waals surface area contributed by atoms with Crippen molar-refractivity contribution < 1.29 is 9.47 Å². The average molecular weight is 308 g/mol. The minimum atomic E-state index is 0.363. The second-order valence-corrected chi connectivity index (χ2v) is 6.01. The third-order valence-corrected chi connectivity index (χ3v) is 3.88. The van der Waals surface area contributed by atoms with Crippen LogP contribution in [0.4, 0.5) is 0 Å². The van der Waals surface area contributed by atoms with Crippen molar-refractivity contribution in [2.75, 3.05) is 34.0 Å². The Balaban J connectivity index is 2.26. The van der Waals surface area contributed by atoms with Crippen molar-refractivity contribution in [2.24, 2.45) is 0 Å². The molecular weight excluding hydrogens is 290 g/mol. The lowest BCUT2D eigenvalue weighted by molar-refractivity contribution is 0.0599. The summed E-state index contributed by atoms with van der Waals surface area (Å²) in [5.41, 5.74) is 0. The van der Waals surface area contributed by atoms with Crippen molar-refractivity contribution in [3.05, 3.63) is 20.8 Å². The molecule has 1 atom stereocenters. The van der Waals surface area contributed by atoms with Gasteiger partial charge in [-0.05, 0) is 41.5 Å². The molecule has 1 aromatic heterocycles. The lowest BCUT2D eigenvalue weighted by Crippen LogP contribution is -2.32. The van der Waals surface area contributed by atoms with Gasteiger partial charge in [-0.3, -0.25) is 0 Å². The molecule has 0 amide bonds. The van der Waals surface area contributed by atoms with Gasteiger partial charge in [-0.25, -0.2) is 0 Å². The normalized spacial score (nSPS) is 12.9. The number of nitrogens with one attached hydrogen (secondary N) is 1. The summed E-state index contributed by atoms with van der Waals surface area (Å²) in [6.07, 6.45) is 1.000. The van der Waals surface area contributed by atoms with Gasteiger partial charge < -0.3 is 14.8 Å². The largest absolute Gasteiger partial charge is 0.382 e.